The Balaban J connectivity index is 0.00000256. The predicted molar refractivity (Wildman–Crippen MR) is 68.8 cm³/mol. The van der Waals surface area contributed by atoms with Crippen LogP contribution in [0.15, 0.2) is 6.07 Å². The van der Waals surface area contributed by atoms with Gasteiger partial charge in [0.1, 0.15) is 5.84 Å². The minimum atomic E-state index is -0.156. The van der Waals surface area contributed by atoms with Gasteiger partial charge in [0.15, 0.2) is 11.5 Å². The second kappa shape index (κ2) is 6.05. The summed E-state index contributed by atoms with van der Waals surface area (Å²) in [6.45, 7) is 0. The van der Waals surface area contributed by atoms with Crippen LogP contribution in [0.2, 0.25) is 0 Å². The number of nitrogens with two attached hydrogens (primary N) is 2. The number of amidine groups is 1. The highest BCUT2D eigenvalue weighted by Gasteiger charge is 2.19. The van der Waals surface area contributed by atoms with E-state index in [1.54, 1.807) is 6.07 Å². The van der Waals surface area contributed by atoms with Crippen molar-refractivity contribution >= 4 is 23.9 Å². The van der Waals surface area contributed by atoms with Gasteiger partial charge in [0.25, 0.3) is 0 Å². The molecule has 0 amide bonds. The van der Waals surface area contributed by atoms with Crippen molar-refractivity contribution in [1.29, 1.82) is 5.41 Å². The Kier molecular flexibility index (Phi) is 5.40. The summed E-state index contributed by atoms with van der Waals surface area (Å²) >= 11 is 0. The Hall–Kier alpha value is -1.82. The van der Waals surface area contributed by atoms with E-state index in [1.165, 1.54) is 21.3 Å². The number of rotatable bonds is 4. The van der Waals surface area contributed by atoms with Crippen LogP contribution in [0.1, 0.15) is 5.56 Å². The quantitative estimate of drug-likeness (QED) is 0.426. The first kappa shape index (κ1) is 15.2. The van der Waals surface area contributed by atoms with E-state index in [-0.39, 0.29) is 23.9 Å². The highest BCUT2D eigenvalue weighted by atomic mass is 35.5. The summed E-state index contributed by atoms with van der Waals surface area (Å²) in [5.41, 5.74) is 11.8. The second-order valence-corrected chi connectivity index (χ2v) is 3.02. The van der Waals surface area contributed by atoms with E-state index in [2.05, 4.69) is 0 Å². The van der Waals surface area contributed by atoms with Gasteiger partial charge >= 0.3 is 0 Å². The lowest BCUT2D eigenvalue weighted by Gasteiger charge is -2.16. The maximum Gasteiger partial charge on any atom is 0.205 e. The van der Waals surface area contributed by atoms with Crippen LogP contribution in [-0.4, -0.2) is 27.2 Å². The maximum atomic E-state index is 7.39. The van der Waals surface area contributed by atoms with E-state index in [4.69, 9.17) is 31.1 Å². The van der Waals surface area contributed by atoms with Gasteiger partial charge in [-0.2, -0.15) is 0 Å². The number of nitrogens with one attached hydrogen (secondary N) is 1. The summed E-state index contributed by atoms with van der Waals surface area (Å²) in [7, 11) is 4.42. The summed E-state index contributed by atoms with van der Waals surface area (Å²) in [6, 6.07) is 1.54. The number of hydrogen-bond acceptors (Lipinski definition) is 5. The molecule has 0 radical (unpaired) electrons. The number of anilines is 1. The Morgan fingerprint density at radius 3 is 2.00 bits per heavy atom. The molecular weight excluding hydrogens is 246 g/mol. The minimum Gasteiger partial charge on any atom is -0.493 e. The van der Waals surface area contributed by atoms with E-state index < -0.39 is 0 Å². The largest absolute Gasteiger partial charge is 0.493 e. The third kappa shape index (κ3) is 2.65. The van der Waals surface area contributed by atoms with Crippen molar-refractivity contribution < 1.29 is 14.2 Å². The van der Waals surface area contributed by atoms with Crippen LogP contribution >= 0.6 is 12.4 Å². The molecule has 0 atom stereocenters. The summed E-state index contributed by atoms with van der Waals surface area (Å²) in [6.07, 6.45) is 0. The summed E-state index contributed by atoms with van der Waals surface area (Å²) in [5.74, 6) is 0.954. The lowest BCUT2D eigenvalue weighted by Crippen LogP contribution is -2.15. The molecule has 0 saturated carbocycles. The van der Waals surface area contributed by atoms with Crippen LogP contribution in [0.4, 0.5) is 5.69 Å². The molecule has 96 valence electrons. The average Bonchev–Trinajstić information content (AvgIpc) is 2.27. The molecule has 6 nitrogen and oxygen atoms in total. The van der Waals surface area contributed by atoms with Crippen molar-refractivity contribution in [2.24, 2.45) is 5.73 Å². The zero-order chi connectivity index (χ0) is 12.3. The average molecular weight is 262 g/mol. The number of hydrogen-bond donors (Lipinski definition) is 3. The van der Waals surface area contributed by atoms with Gasteiger partial charge in [-0.1, -0.05) is 0 Å². The Bertz CT molecular complexity index is 424. The molecule has 0 aliphatic heterocycles. The first-order valence-electron chi connectivity index (χ1n) is 4.49. The van der Waals surface area contributed by atoms with Crippen LogP contribution in [0.5, 0.6) is 17.2 Å². The fourth-order valence-electron chi connectivity index (χ4n) is 1.40. The van der Waals surface area contributed by atoms with E-state index in [0.29, 0.717) is 22.8 Å². The fraction of sp³-hybridized carbons (Fsp3) is 0.300. The topological polar surface area (TPSA) is 104 Å². The Labute approximate surface area is 106 Å². The first-order valence-corrected chi connectivity index (χ1v) is 4.49. The van der Waals surface area contributed by atoms with Crippen LogP contribution in [0, 0.1) is 5.41 Å². The van der Waals surface area contributed by atoms with Crippen molar-refractivity contribution in [1.82, 2.24) is 0 Å². The molecule has 5 N–H and O–H groups in total. The molecule has 0 aliphatic carbocycles. The Morgan fingerprint density at radius 1 is 1.12 bits per heavy atom. The third-order valence-electron chi connectivity index (χ3n) is 2.16. The highest BCUT2D eigenvalue weighted by molar-refractivity contribution is 6.02. The number of methoxy groups -OCH3 is 3. The van der Waals surface area contributed by atoms with Crippen LogP contribution in [0.3, 0.4) is 0 Å². The predicted octanol–water partition coefficient (Wildman–Crippen LogP) is 1.00. The van der Waals surface area contributed by atoms with Crippen molar-refractivity contribution in [2.45, 2.75) is 0 Å². The maximum absolute atomic E-state index is 7.39. The smallest absolute Gasteiger partial charge is 0.205 e. The van der Waals surface area contributed by atoms with Crippen molar-refractivity contribution in [2.75, 3.05) is 27.1 Å². The van der Waals surface area contributed by atoms with E-state index in [0.717, 1.165) is 0 Å². The molecule has 0 aromatic heterocycles. The standard InChI is InChI=1S/C10H15N3O3.ClH/c1-14-6-4-5(10(12)13)7(11)9(16-3)8(6)15-2;/h4H,11H2,1-3H3,(H3,12,13);1H. The minimum absolute atomic E-state index is 0. The number of ether oxygens (including phenoxy) is 3. The first-order chi connectivity index (χ1) is 7.56. The molecule has 1 aromatic carbocycles. The molecular formula is C10H16ClN3O3. The molecule has 0 aliphatic rings. The van der Waals surface area contributed by atoms with Gasteiger partial charge in [0.05, 0.1) is 27.0 Å². The highest BCUT2D eigenvalue weighted by Crippen LogP contribution is 2.43. The lowest BCUT2D eigenvalue weighted by molar-refractivity contribution is 0.325. The molecule has 1 rings (SSSR count). The van der Waals surface area contributed by atoms with Gasteiger partial charge in [0.2, 0.25) is 5.75 Å². The zero-order valence-corrected chi connectivity index (χ0v) is 10.7. The molecule has 0 unspecified atom stereocenters. The summed E-state index contributed by atoms with van der Waals surface area (Å²) in [4.78, 5) is 0. The van der Waals surface area contributed by atoms with Crippen LogP contribution < -0.4 is 25.7 Å². The van der Waals surface area contributed by atoms with Gasteiger partial charge in [-0.05, 0) is 6.07 Å². The third-order valence-corrected chi connectivity index (χ3v) is 2.16. The van der Waals surface area contributed by atoms with Crippen molar-refractivity contribution in [3.05, 3.63) is 11.6 Å². The number of halogens is 1. The zero-order valence-electron chi connectivity index (χ0n) is 9.87. The fourth-order valence-corrected chi connectivity index (χ4v) is 1.40. The monoisotopic (exact) mass is 261 g/mol. The Morgan fingerprint density at radius 2 is 1.65 bits per heavy atom. The summed E-state index contributed by atoms with van der Waals surface area (Å²) < 4.78 is 15.4. The summed E-state index contributed by atoms with van der Waals surface area (Å²) in [5, 5.41) is 7.39. The molecule has 0 fully saturated rings. The molecule has 7 heteroatoms. The van der Waals surface area contributed by atoms with E-state index >= 15 is 0 Å². The molecule has 0 saturated heterocycles. The van der Waals surface area contributed by atoms with Crippen LogP contribution in [-0.2, 0) is 0 Å². The molecule has 0 spiro atoms. The van der Waals surface area contributed by atoms with Gasteiger partial charge in [0, 0.05) is 5.56 Å². The normalized spacial score (nSPS) is 9.12. The van der Waals surface area contributed by atoms with Crippen molar-refractivity contribution in [3.63, 3.8) is 0 Å². The molecule has 17 heavy (non-hydrogen) atoms. The second-order valence-electron chi connectivity index (χ2n) is 3.02. The van der Waals surface area contributed by atoms with E-state index in [1.807, 2.05) is 0 Å². The molecule has 0 bridgehead atoms. The molecule has 1 aromatic rings. The van der Waals surface area contributed by atoms with Gasteiger partial charge in [-0.25, -0.2) is 0 Å². The molecule has 0 heterocycles. The SMILES string of the molecule is COc1cc(C(=N)N)c(N)c(OC)c1OC.Cl. The van der Waals surface area contributed by atoms with Gasteiger partial charge < -0.3 is 25.7 Å². The lowest BCUT2D eigenvalue weighted by atomic mass is 10.1. The van der Waals surface area contributed by atoms with Gasteiger partial charge in [-0.3, -0.25) is 5.41 Å². The van der Waals surface area contributed by atoms with Gasteiger partial charge in [-0.15, -0.1) is 12.4 Å². The van der Waals surface area contributed by atoms with Crippen molar-refractivity contribution in [3.8, 4) is 17.2 Å². The van der Waals surface area contributed by atoms with E-state index in [9.17, 15) is 0 Å². The number of nitrogen functional groups attached to an aromatic ring is 2. The van der Waals surface area contributed by atoms with Crippen LogP contribution in [0.25, 0.3) is 0 Å². The number of benzene rings is 1.